The number of imidazole rings is 1. The molecule has 0 aliphatic carbocycles. The second kappa shape index (κ2) is 30.9. The summed E-state index contributed by atoms with van der Waals surface area (Å²) in [4.78, 5) is 88.4. The van der Waals surface area contributed by atoms with Gasteiger partial charge < -0.3 is 50.9 Å². The molecule has 3 heterocycles. The van der Waals surface area contributed by atoms with Gasteiger partial charge in [0.25, 0.3) is 0 Å². The Hall–Kier alpha value is -4.00. The van der Waals surface area contributed by atoms with E-state index in [-0.39, 0.29) is 41.6 Å². The first-order chi connectivity index (χ1) is 33.6. The fourth-order valence-electron chi connectivity index (χ4n) is 6.21. The Morgan fingerprint density at radius 2 is 1.42 bits per heavy atom. The summed E-state index contributed by atoms with van der Waals surface area (Å²) in [7, 11) is -16.4. The number of hydrogen-bond acceptors (Lipinski definition) is 18. The van der Waals surface area contributed by atoms with Crippen molar-refractivity contribution < 1.29 is 80.5 Å². The lowest BCUT2D eigenvalue weighted by atomic mass is 9.87. The first-order valence-corrected chi connectivity index (χ1v) is 28.0. The normalized spacial score (nSPS) is 20.3. The Morgan fingerprint density at radius 3 is 2.01 bits per heavy atom. The Morgan fingerprint density at radius 1 is 0.845 bits per heavy atom. The van der Waals surface area contributed by atoms with Gasteiger partial charge in [0.1, 0.15) is 36.3 Å². The van der Waals surface area contributed by atoms with Crippen LogP contribution in [0.15, 0.2) is 85.6 Å². The largest absolute Gasteiger partial charge is 0.481 e. The smallest absolute Gasteiger partial charge is 0.386 e. The number of rotatable bonds is 33. The monoisotopic (exact) mass is 1080 g/mol. The molecule has 0 aromatic carbocycles. The quantitative estimate of drug-likeness (QED) is 0.0254. The minimum absolute atomic E-state index is 0.0179. The molecule has 0 radical (unpaired) electrons. The van der Waals surface area contributed by atoms with Gasteiger partial charge >= 0.3 is 23.5 Å². The summed E-state index contributed by atoms with van der Waals surface area (Å²) in [6, 6.07) is 0. The third-order valence-electron chi connectivity index (χ3n) is 9.88. The molecule has 1 aliphatic rings. The number of nitrogen functional groups attached to an aromatic ring is 1. The number of amides is 2. The van der Waals surface area contributed by atoms with E-state index in [1.807, 2.05) is 12.2 Å². The zero-order valence-electron chi connectivity index (χ0n) is 39.7. The molecule has 71 heavy (non-hydrogen) atoms. The van der Waals surface area contributed by atoms with Crippen molar-refractivity contribution in [3.8, 4) is 0 Å². The molecule has 0 spiro atoms. The molecule has 2 aromatic rings. The highest BCUT2D eigenvalue weighted by Crippen LogP contribution is 2.61. The second-order valence-electron chi connectivity index (χ2n) is 16.2. The number of nitrogens with one attached hydrogen (secondary N) is 2. The fourth-order valence-corrected chi connectivity index (χ4v) is 9.73. The zero-order valence-corrected chi connectivity index (χ0v) is 43.2. The van der Waals surface area contributed by atoms with Gasteiger partial charge in [0.15, 0.2) is 22.8 Å². The number of hydrogen-bond donors (Lipinski definition) is 9. The number of anilines is 1. The summed E-state index contributed by atoms with van der Waals surface area (Å²) < 4.78 is 62.4. The van der Waals surface area contributed by atoms with E-state index in [4.69, 9.17) is 19.5 Å². The van der Waals surface area contributed by atoms with Gasteiger partial charge in [0, 0.05) is 37.1 Å². The van der Waals surface area contributed by atoms with Crippen molar-refractivity contribution in [3.63, 3.8) is 0 Å². The van der Waals surface area contributed by atoms with Crippen molar-refractivity contribution in [2.75, 3.05) is 37.8 Å². The van der Waals surface area contributed by atoms with Crippen LogP contribution in [-0.2, 0) is 50.7 Å². The highest BCUT2D eigenvalue weighted by molar-refractivity contribution is 8.13. The van der Waals surface area contributed by atoms with Crippen molar-refractivity contribution in [2.24, 2.45) is 5.41 Å². The topological polar surface area (TPSA) is 364 Å². The van der Waals surface area contributed by atoms with Crippen LogP contribution in [0, 0.1) is 5.41 Å². The maximum absolute atomic E-state index is 12.7. The number of thioether (sulfide) groups is 1. The molecule has 0 bridgehead atoms. The molecule has 28 heteroatoms. The predicted octanol–water partition coefficient (Wildman–Crippen LogP) is 5.14. The van der Waals surface area contributed by atoms with Crippen LogP contribution < -0.4 is 16.4 Å². The Kier molecular flexibility index (Phi) is 26.7. The molecule has 2 aromatic heterocycles. The minimum Gasteiger partial charge on any atom is -0.386 e. The predicted molar refractivity (Wildman–Crippen MR) is 265 cm³/mol. The third kappa shape index (κ3) is 23.6. The number of phosphoric ester groups is 3. The lowest BCUT2D eigenvalue weighted by Gasteiger charge is -2.30. The SMILES string of the molecule is CC/C=C\C/C=C\C/C=C/C/C=C/C/C=C/C/C=C/CCC(=O)SCCNC(=O)CCNC(=O)[C@H](O)C(C)(C)COP(=O)(O)OP(=O)(O)OC[C@H]1O[C@@H](n2cnc3c(N)ncnc32)[C@H](O)[C@@H]1OP(=O)(O)O. The molecule has 24 nitrogen and oxygen atoms in total. The summed E-state index contributed by atoms with van der Waals surface area (Å²) in [5.74, 6) is -1.11. The first kappa shape index (κ1) is 61.3. The summed E-state index contributed by atoms with van der Waals surface area (Å²) in [5.41, 5.74) is 4.27. The first-order valence-electron chi connectivity index (χ1n) is 22.5. The van der Waals surface area contributed by atoms with Crippen LogP contribution >= 0.6 is 35.2 Å². The van der Waals surface area contributed by atoms with Crippen LogP contribution in [0.25, 0.3) is 11.2 Å². The maximum atomic E-state index is 12.7. The number of nitrogens with two attached hydrogens (primary N) is 1. The Balaban J connectivity index is 1.29. The van der Waals surface area contributed by atoms with Gasteiger partial charge in [-0.3, -0.25) is 32.5 Å². The van der Waals surface area contributed by atoms with Gasteiger partial charge in [-0.1, -0.05) is 105 Å². The average molecular weight is 1080 g/mol. The lowest BCUT2D eigenvalue weighted by Crippen LogP contribution is -2.46. The summed E-state index contributed by atoms with van der Waals surface area (Å²) in [6.45, 7) is 2.61. The molecule has 1 aliphatic heterocycles. The van der Waals surface area contributed by atoms with Gasteiger partial charge in [0.2, 0.25) is 11.8 Å². The van der Waals surface area contributed by atoms with E-state index in [0.29, 0.717) is 18.6 Å². The molecule has 1 saturated heterocycles. The second-order valence-corrected chi connectivity index (χ2v) is 21.6. The molecule has 3 rings (SSSR count). The van der Waals surface area contributed by atoms with E-state index < -0.39 is 84.6 Å². The number of aliphatic hydroxyl groups is 2. The number of nitrogens with zero attached hydrogens (tertiary/aromatic N) is 4. The van der Waals surface area contributed by atoms with Crippen LogP contribution in [0.1, 0.15) is 84.8 Å². The average Bonchev–Trinajstić information content (AvgIpc) is 3.86. The highest BCUT2D eigenvalue weighted by Gasteiger charge is 2.50. The molecule has 2 amide bonds. The highest BCUT2D eigenvalue weighted by atomic mass is 32.2. The van der Waals surface area contributed by atoms with Gasteiger partial charge in [-0.05, 0) is 44.9 Å². The molecular weight excluding hydrogens is 1010 g/mol. The maximum Gasteiger partial charge on any atom is 0.481 e. The molecule has 396 valence electrons. The Bertz CT molecular complexity index is 2360. The molecule has 2 unspecified atom stereocenters. The van der Waals surface area contributed by atoms with E-state index in [0.717, 1.165) is 67.5 Å². The number of aliphatic hydroxyl groups excluding tert-OH is 2. The molecular formula is C43H66N7O17P3S. The van der Waals surface area contributed by atoms with Crippen molar-refractivity contribution >= 4 is 69.1 Å². The van der Waals surface area contributed by atoms with Crippen molar-refractivity contribution in [2.45, 2.75) is 109 Å². The Labute approximate surface area is 416 Å². The van der Waals surface area contributed by atoms with E-state index in [9.17, 15) is 57.9 Å². The van der Waals surface area contributed by atoms with Crippen LogP contribution in [0.3, 0.4) is 0 Å². The van der Waals surface area contributed by atoms with Crippen LogP contribution in [0.2, 0.25) is 0 Å². The van der Waals surface area contributed by atoms with E-state index in [1.165, 1.54) is 13.8 Å². The van der Waals surface area contributed by atoms with Crippen molar-refractivity contribution in [3.05, 3.63) is 85.6 Å². The summed E-state index contributed by atoms with van der Waals surface area (Å²) in [6.07, 6.45) is 24.9. The van der Waals surface area contributed by atoms with Gasteiger partial charge in [-0.25, -0.2) is 28.6 Å². The van der Waals surface area contributed by atoms with Gasteiger partial charge in [-0.15, -0.1) is 0 Å². The number of fused-ring (bicyclic) bond motifs is 1. The number of carbonyl (C=O) groups is 3. The zero-order chi connectivity index (χ0) is 52.5. The molecule has 10 N–H and O–H groups in total. The van der Waals surface area contributed by atoms with E-state index in [2.05, 4.69) is 102 Å². The molecule has 0 saturated carbocycles. The van der Waals surface area contributed by atoms with Gasteiger partial charge in [-0.2, -0.15) is 4.31 Å². The number of allylic oxidation sites excluding steroid dienone is 12. The summed E-state index contributed by atoms with van der Waals surface area (Å²) in [5, 5.41) is 26.6. The summed E-state index contributed by atoms with van der Waals surface area (Å²) >= 11 is 1.09. The fraction of sp³-hybridized carbons (Fsp3) is 0.535. The number of ether oxygens (including phenoxy) is 1. The van der Waals surface area contributed by atoms with E-state index >= 15 is 0 Å². The van der Waals surface area contributed by atoms with E-state index in [1.54, 1.807) is 0 Å². The number of carbonyl (C=O) groups excluding carboxylic acids is 3. The lowest BCUT2D eigenvalue weighted by molar-refractivity contribution is -0.137. The van der Waals surface area contributed by atoms with Gasteiger partial charge in [0.05, 0.1) is 19.5 Å². The number of phosphoric acid groups is 3. The molecule has 7 atom stereocenters. The van der Waals surface area contributed by atoms with Crippen LogP contribution in [0.5, 0.6) is 0 Å². The number of aromatic nitrogens is 4. The van der Waals surface area contributed by atoms with Crippen LogP contribution in [-0.4, -0.2) is 123 Å². The third-order valence-corrected chi connectivity index (χ3v) is 13.9. The van der Waals surface area contributed by atoms with Crippen molar-refractivity contribution in [1.82, 2.24) is 30.2 Å². The standard InChI is InChI=1S/C43H66N7O17P3S/c1-4-5-6-7-8-9-10-11-12-13-14-15-16-17-18-19-20-21-22-23-34(52)71-27-26-45-33(51)24-25-46-41(55)38(54)43(2,3)29-64-70(61,62)67-69(59,60)63-28-32-37(66-68(56,57)58)36(53)42(65-32)50-31-49-35-39(44)47-30-48-40(35)50/h5-6,8-9,11-12,14-15,17-18,20-21,30-32,36-38,42,53-54H,4,7,10,13,16,19,22-29H2,1-3H3,(H,45,51)(H,46,55)(H,59,60)(H,61,62)(H2,44,47,48)(H2,56,57,58)/b6-5-,9-8-,12-11+,15-14+,18-17+,21-20+/t32-,36-,37-,38+,42-/m1/s1. The van der Waals surface area contributed by atoms with Crippen LogP contribution in [0.4, 0.5) is 5.82 Å². The minimum atomic E-state index is -5.58. The molecule has 1 fully saturated rings. The van der Waals surface area contributed by atoms with Crippen molar-refractivity contribution in [1.29, 1.82) is 0 Å².